The molecule has 0 unspecified atom stereocenters. The Balaban J connectivity index is -0.0000000188. The minimum absolute atomic E-state index is 0. The van der Waals surface area contributed by atoms with Gasteiger partial charge < -0.3 is 48.2 Å². The van der Waals surface area contributed by atoms with E-state index in [1.807, 2.05) is 0 Å². The van der Waals surface area contributed by atoms with E-state index < -0.39 is 30.2 Å². The van der Waals surface area contributed by atoms with Gasteiger partial charge in [0.15, 0.2) is 0 Å². The molecule has 0 aliphatic carbocycles. The van der Waals surface area contributed by atoms with Gasteiger partial charge in [-0.25, -0.2) is 0 Å². The van der Waals surface area contributed by atoms with Crippen molar-refractivity contribution >= 4 is 91.0 Å². The molecule has 0 rings (SSSR count). The minimum atomic E-state index is -5.17. The monoisotopic (exact) mass is 452 g/mol. The smallest absolute Gasteiger partial charge is 0.790 e. The van der Waals surface area contributed by atoms with E-state index in [2.05, 4.69) is 0 Å². The Kier molecular flexibility index (Phi) is 68.4. The molecule has 0 spiro atoms. The first kappa shape index (κ1) is 50.2. The van der Waals surface area contributed by atoms with E-state index in [0.29, 0.717) is 0 Å². The van der Waals surface area contributed by atoms with Crippen molar-refractivity contribution < 1.29 is 159 Å². The average molecular weight is 453 g/mol. The molecular formula is C4H7CaK2MgO12PS. The fourth-order valence-corrected chi connectivity index (χ4v) is 0. The van der Waals surface area contributed by atoms with Gasteiger partial charge in [0, 0.05) is 22.3 Å². The van der Waals surface area contributed by atoms with Gasteiger partial charge in [0.2, 0.25) is 0 Å². The second-order valence-corrected chi connectivity index (χ2v) is 3.61. The molecule has 0 fully saturated rings. The van der Waals surface area contributed by atoms with Crippen molar-refractivity contribution in [1.29, 1.82) is 0 Å². The first-order chi connectivity index (χ1) is 7.46. The summed E-state index contributed by atoms with van der Waals surface area (Å²) in [7, 11) is -10.3. The maximum atomic E-state index is 8.89. The standard InChI is InChI=1S/2C2H4O2.Ca.2K.Mg.H3O4P.H2O4S/c2*1-2(3)4;;;;;2*1-5(2,3)4/h2*1H3,(H,3,4);;;;;(H3,1,2,3,4);(H2,1,2,3,4)/q;;+2;2*+1;+2;;/p-6. The van der Waals surface area contributed by atoms with Crippen molar-refractivity contribution in [2.24, 2.45) is 0 Å². The van der Waals surface area contributed by atoms with Crippen LogP contribution in [0.25, 0.3) is 0 Å². The third-order valence-electron chi connectivity index (χ3n) is 0. The Morgan fingerprint density at radius 3 is 0.955 bits per heavy atom. The summed E-state index contributed by atoms with van der Waals surface area (Å²) in [5.74, 6) is -2.17. The minimum Gasteiger partial charge on any atom is -0.790 e. The summed E-state index contributed by atoms with van der Waals surface area (Å²) in [6.45, 7) is 1.94. The van der Waals surface area contributed by atoms with Crippen molar-refractivity contribution in [2.75, 3.05) is 0 Å². The van der Waals surface area contributed by atoms with Gasteiger partial charge in [0.05, 0.1) is 7.82 Å². The number of carboxylic acids is 2. The fraction of sp³-hybridized carbons (Fsp3) is 0.500. The van der Waals surface area contributed by atoms with E-state index in [1.165, 1.54) is 0 Å². The van der Waals surface area contributed by atoms with E-state index in [4.69, 9.17) is 56.6 Å². The Hall–Kier alpha value is 4.22. The molecule has 0 saturated heterocycles. The number of carboxylic acid groups (broad SMARTS) is 2. The topological polar surface area (TPSA) is 244 Å². The molecule has 0 saturated carbocycles. The van der Waals surface area contributed by atoms with Gasteiger partial charge >= 0.3 is 164 Å². The summed E-state index contributed by atoms with van der Waals surface area (Å²) in [6.07, 6.45) is 0. The van der Waals surface area contributed by atoms with Gasteiger partial charge in [-0.3, -0.25) is 8.42 Å². The summed E-state index contributed by atoms with van der Waals surface area (Å²) in [6, 6.07) is 0. The molecular weight excluding hydrogens is 446 g/mol. The van der Waals surface area contributed by atoms with Gasteiger partial charge in [-0.05, 0) is 13.8 Å². The molecule has 0 amide bonds. The summed E-state index contributed by atoms with van der Waals surface area (Å²) in [5.41, 5.74) is 0. The normalized spacial score (nSPS) is 7.59. The second-order valence-electron chi connectivity index (χ2n) is 1.86. The summed E-state index contributed by atoms with van der Waals surface area (Å²) < 4.78 is 42.7. The number of rotatable bonds is 0. The Morgan fingerprint density at radius 1 is 0.955 bits per heavy atom. The summed E-state index contributed by atoms with van der Waals surface area (Å²) in [4.78, 5) is 42.1. The SMILES string of the molecule is CC(=O)[O-].CC(=O)[O-].O=P([O-])([O-])O.O=S(=O)([O-])[O-].[Ca+2].[K+].[K+].[Mg+2]. The summed E-state index contributed by atoms with van der Waals surface area (Å²) >= 11 is 0. The molecule has 0 heterocycles. The fourth-order valence-electron chi connectivity index (χ4n) is 0. The number of aliphatic carboxylic acids is 2. The molecule has 0 bridgehead atoms. The number of hydrogen-bond donors (Lipinski definition) is 1. The predicted molar refractivity (Wildman–Crippen MR) is 53.2 cm³/mol. The Labute approximate surface area is 258 Å². The van der Waals surface area contributed by atoms with E-state index in [-0.39, 0.29) is 164 Å². The Morgan fingerprint density at radius 2 is 0.955 bits per heavy atom. The van der Waals surface area contributed by atoms with E-state index in [9.17, 15) is 0 Å². The van der Waals surface area contributed by atoms with Crippen LogP contribution in [-0.4, -0.2) is 95.1 Å². The number of carbonyl (C=O) groups excluding carboxylic acids is 2. The first-order valence-electron chi connectivity index (χ1n) is 3.23. The van der Waals surface area contributed by atoms with Crippen molar-refractivity contribution in [2.45, 2.75) is 13.8 Å². The van der Waals surface area contributed by atoms with Crippen molar-refractivity contribution in [1.82, 2.24) is 0 Å². The quantitative estimate of drug-likeness (QED) is 0.156. The number of carbonyl (C=O) groups is 2. The van der Waals surface area contributed by atoms with Crippen LogP contribution < -0.4 is 123 Å². The molecule has 1 N–H and O–H groups in total. The molecule has 0 atom stereocenters. The van der Waals surface area contributed by atoms with E-state index >= 15 is 0 Å². The molecule has 0 aromatic heterocycles. The predicted octanol–water partition coefficient (Wildman–Crippen LogP) is -12.8. The van der Waals surface area contributed by atoms with Crippen LogP contribution in [0.3, 0.4) is 0 Å². The molecule has 0 aliphatic rings. The van der Waals surface area contributed by atoms with Gasteiger partial charge in [0.1, 0.15) is 0 Å². The van der Waals surface area contributed by atoms with Crippen LogP contribution in [0.4, 0.5) is 0 Å². The molecule has 112 valence electrons. The van der Waals surface area contributed by atoms with Crippen LogP contribution in [0.1, 0.15) is 13.8 Å². The zero-order valence-electron chi connectivity index (χ0n) is 12.2. The van der Waals surface area contributed by atoms with Crippen LogP contribution in [0.5, 0.6) is 0 Å². The van der Waals surface area contributed by atoms with Gasteiger partial charge in [-0.2, -0.15) is 0 Å². The van der Waals surface area contributed by atoms with Crippen LogP contribution in [0.15, 0.2) is 0 Å². The molecule has 18 heteroatoms. The van der Waals surface area contributed by atoms with Gasteiger partial charge in [-0.1, -0.05) is 0 Å². The zero-order valence-corrected chi connectivity index (χ0v) is 23.8. The van der Waals surface area contributed by atoms with E-state index in [0.717, 1.165) is 13.8 Å². The van der Waals surface area contributed by atoms with Gasteiger partial charge in [-0.15, -0.1) is 0 Å². The third-order valence-corrected chi connectivity index (χ3v) is 0. The van der Waals surface area contributed by atoms with Crippen molar-refractivity contribution in [3.8, 4) is 0 Å². The van der Waals surface area contributed by atoms with Crippen LogP contribution >= 0.6 is 7.82 Å². The Bertz CT molecular complexity index is 348. The maximum absolute atomic E-state index is 8.89. The number of phosphoric acid groups is 1. The molecule has 22 heavy (non-hydrogen) atoms. The van der Waals surface area contributed by atoms with Crippen molar-refractivity contribution in [3.05, 3.63) is 0 Å². The average Bonchev–Trinajstić information content (AvgIpc) is 1.70. The zero-order chi connectivity index (χ0) is 16.2. The molecule has 0 aromatic rings. The van der Waals surface area contributed by atoms with Crippen molar-refractivity contribution in [3.63, 3.8) is 0 Å². The van der Waals surface area contributed by atoms with Gasteiger partial charge in [0.25, 0.3) is 0 Å². The molecule has 0 radical (unpaired) electrons. The summed E-state index contributed by atoms with van der Waals surface area (Å²) in [5, 5.41) is 17.8. The maximum Gasteiger partial charge on any atom is 2.00 e. The molecule has 0 aliphatic heterocycles. The van der Waals surface area contributed by atoms with E-state index in [1.54, 1.807) is 0 Å². The second kappa shape index (κ2) is 30.0. The third kappa shape index (κ3) is 734. The molecule has 12 nitrogen and oxygen atoms in total. The van der Waals surface area contributed by atoms with Crippen LogP contribution in [0.2, 0.25) is 0 Å². The van der Waals surface area contributed by atoms with Crippen LogP contribution in [-0.2, 0) is 24.6 Å². The number of hydrogen-bond acceptors (Lipinski definition) is 11. The first-order valence-corrected chi connectivity index (χ1v) is 6.06. The molecule has 0 aromatic carbocycles. The van der Waals surface area contributed by atoms with Crippen LogP contribution in [0, 0.1) is 0 Å². The largest absolute Gasteiger partial charge is 2.00 e.